The molecule has 0 saturated heterocycles. The van der Waals surface area contributed by atoms with Crippen molar-refractivity contribution in [3.63, 3.8) is 0 Å². The molecule has 15 heavy (non-hydrogen) atoms. The Morgan fingerprint density at radius 2 is 2.27 bits per heavy atom. The van der Waals surface area contributed by atoms with E-state index >= 15 is 0 Å². The Morgan fingerprint density at radius 3 is 2.87 bits per heavy atom. The fourth-order valence-corrected chi connectivity index (χ4v) is 1.13. The quantitative estimate of drug-likeness (QED) is 0.138. The number of nitrogens with one attached hydrogen (secondary N) is 1. The molecule has 0 aromatic carbocycles. The summed E-state index contributed by atoms with van der Waals surface area (Å²) >= 11 is 0. The van der Waals surface area contributed by atoms with Gasteiger partial charge in [0.15, 0.2) is 0 Å². The first-order valence-corrected chi connectivity index (χ1v) is 5.04. The van der Waals surface area contributed by atoms with Gasteiger partial charge >= 0.3 is 0 Å². The van der Waals surface area contributed by atoms with Crippen LogP contribution in [0.3, 0.4) is 0 Å². The molecule has 0 saturated carbocycles. The Kier molecular flexibility index (Phi) is 9.15. The number of hydrogen-bond donors (Lipinski definition) is 4. The average Bonchev–Trinajstić information content (AvgIpc) is 2.23. The van der Waals surface area contributed by atoms with E-state index in [1.54, 1.807) is 7.11 Å². The van der Waals surface area contributed by atoms with Gasteiger partial charge in [-0.1, -0.05) is 5.16 Å². The van der Waals surface area contributed by atoms with E-state index in [2.05, 4.69) is 10.5 Å². The summed E-state index contributed by atoms with van der Waals surface area (Å²) in [6.07, 6.45) is 1.93. The highest BCUT2D eigenvalue weighted by molar-refractivity contribution is 5.79. The van der Waals surface area contributed by atoms with Gasteiger partial charge in [-0.2, -0.15) is 0 Å². The van der Waals surface area contributed by atoms with Crippen LogP contribution in [0.25, 0.3) is 0 Å². The minimum Gasteiger partial charge on any atom is -0.409 e. The van der Waals surface area contributed by atoms with Crippen molar-refractivity contribution in [1.82, 2.24) is 5.32 Å². The van der Waals surface area contributed by atoms with Crippen molar-refractivity contribution in [3.8, 4) is 0 Å². The zero-order valence-electron chi connectivity index (χ0n) is 9.15. The molecule has 0 fully saturated rings. The number of nitrogens with zero attached hydrogens (tertiary/aromatic N) is 1. The molecule has 5 N–H and O–H groups in total. The van der Waals surface area contributed by atoms with Crippen LogP contribution in [0.4, 0.5) is 0 Å². The van der Waals surface area contributed by atoms with Gasteiger partial charge in [-0.05, 0) is 19.4 Å². The molecule has 1 unspecified atom stereocenters. The highest BCUT2D eigenvalue weighted by Gasteiger charge is 2.01. The van der Waals surface area contributed by atoms with Crippen molar-refractivity contribution in [2.24, 2.45) is 10.9 Å². The maximum absolute atomic E-state index is 9.27. The summed E-state index contributed by atoms with van der Waals surface area (Å²) in [7, 11) is 1.56. The minimum atomic E-state index is -0.459. The lowest BCUT2D eigenvalue weighted by molar-refractivity contribution is 0.0646. The number of nitrogens with two attached hydrogens (primary N) is 1. The Labute approximate surface area is 90.1 Å². The molecule has 0 aliphatic rings. The van der Waals surface area contributed by atoms with Gasteiger partial charge in [0.1, 0.15) is 5.84 Å². The lowest BCUT2D eigenvalue weighted by Gasteiger charge is -2.10. The molecule has 0 aliphatic heterocycles. The summed E-state index contributed by atoms with van der Waals surface area (Å²) in [6, 6.07) is 0. The van der Waals surface area contributed by atoms with Gasteiger partial charge in [-0.3, -0.25) is 0 Å². The van der Waals surface area contributed by atoms with Crippen LogP contribution in [0.2, 0.25) is 0 Å². The SMILES string of the molecule is COCC(O)CNCCCCC(N)=NO. The summed E-state index contributed by atoms with van der Waals surface area (Å²) in [5, 5.41) is 23.5. The highest BCUT2D eigenvalue weighted by atomic mass is 16.5. The largest absolute Gasteiger partial charge is 0.409 e. The first kappa shape index (κ1) is 14.2. The Hall–Kier alpha value is -0.850. The number of unbranched alkanes of at least 4 members (excludes halogenated alkanes) is 1. The third-order valence-corrected chi connectivity index (χ3v) is 1.90. The second kappa shape index (κ2) is 9.70. The van der Waals surface area contributed by atoms with Crippen LogP contribution < -0.4 is 11.1 Å². The van der Waals surface area contributed by atoms with Crippen LogP contribution in [-0.2, 0) is 4.74 Å². The van der Waals surface area contributed by atoms with E-state index in [0.29, 0.717) is 19.6 Å². The molecule has 0 spiro atoms. The Morgan fingerprint density at radius 1 is 1.53 bits per heavy atom. The normalized spacial score (nSPS) is 14.1. The number of rotatable bonds is 9. The molecule has 0 bridgehead atoms. The van der Waals surface area contributed by atoms with E-state index in [9.17, 15) is 5.11 Å². The molecule has 90 valence electrons. The van der Waals surface area contributed by atoms with Crippen molar-refractivity contribution < 1.29 is 15.1 Å². The molecule has 0 radical (unpaired) electrons. The first-order chi connectivity index (χ1) is 7.20. The first-order valence-electron chi connectivity index (χ1n) is 5.04. The molecular weight excluding hydrogens is 198 g/mol. The lowest BCUT2D eigenvalue weighted by Crippen LogP contribution is -2.30. The number of methoxy groups -OCH3 is 1. The Bertz CT molecular complexity index is 176. The topological polar surface area (TPSA) is 100 Å². The van der Waals surface area contributed by atoms with Crippen LogP contribution >= 0.6 is 0 Å². The zero-order valence-corrected chi connectivity index (χ0v) is 9.15. The average molecular weight is 219 g/mol. The molecule has 0 rings (SSSR count). The maximum atomic E-state index is 9.27. The predicted octanol–water partition coefficient (Wildman–Crippen LogP) is -0.500. The van der Waals surface area contributed by atoms with Gasteiger partial charge in [0.05, 0.1) is 12.7 Å². The van der Waals surface area contributed by atoms with Crippen molar-refractivity contribution >= 4 is 5.84 Å². The smallest absolute Gasteiger partial charge is 0.139 e. The monoisotopic (exact) mass is 219 g/mol. The van der Waals surface area contributed by atoms with E-state index in [-0.39, 0.29) is 5.84 Å². The zero-order chi connectivity index (χ0) is 11.5. The molecule has 0 aromatic heterocycles. The molecule has 1 atom stereocenters. The van der Waals surface area contributed by atoms with E-state index in [1.165, 1.54) is 0 Å². The third kappa shape index (κ3) is 9.45. The summed E-state index contributed by atoms with van der Waals surface area (Å²) in [4.78, 5) is 0. The molecule has 0 aromatic rings. The van der Waals surface area contributed by atoms with E-state index in [1.807, 2.05) is 0 Å². The van der Waals surface area contributed by atoms with Gasteiger partial charge < -0.3 is 26.1 Å². The lowest BCUT2D eigenvalue weighted by atomic mass is 10.2. The van der Waals surface area contributed by atoms with Gasteiger partial charge in [0, 0.05) is 20.1 Å². The fraction of sp³-hybridized carbons (Fsp3) is 0.889. The van der Waals surface area contributed by atoms with Gasteiger partial charge in [-0.25, -0.2) is 0 Å². The van der Waals surface area contributed by atoms with Gasteiger partial charge in [0.2, 0.25) is 0 Å². The van der Waals surface area contributed by atoms with Crippen LogP contribution in [-0.4, -0.2) is 49.1 Å². The van der Waals surface area contributed by atoms with Crippen molar-refractivity contribution in [1.29, 1.82) is 0 Å². The molecule has 0 heterocycles. The summed E-state index contributed by atoms with van der Waals surface area (Å²) in [5.74, 6) is 0.259. The maximum Gasteiger partial charge on any atom is 0.139 e. The Balaban J connectivity index is 3.18. The van der Waals surface area contributed by atoms with Crippen LogP contribution in [0.1, 0.15) is 19.3 Å². The summed E-state index contributed by atoms with van der Waals surface area (Å²) in [5.41, 5.74) is 5.30. The number of amidine groups is 1. The number of aliphatic hydroxyl groups excluding tert-OH is 1. The van der Waals surface area contributed by atoms with Crippen molar-refractivity contribution in [2.75, 3.05) is 26.8 Å². The van der Waals surface area contributed by atoms with Gasteiger partial charge in [0.25, 0.3) is 0 Å². The van der Waals surface area contributed by atoms with Crippen molar-refractivity contribution in [3.05, 3.63) is 0 Å². The second-order valence-electron chi connectivity index (χ2n) is 3.36. The van der Waals surface area contributed by atoms with Gasteiger partial charge in [-0.15, -0.1) is 0 Å². The van der Waals surface area contributed by atoms with E-state index < -0.39 is 6.10 Å². The number of oxime groups is 1. The molecular formula is C9H21N3O3. The number of ether oxygens (including phenoxy) is 1. The van der Waals surface area contributed by atoms with Crippen LogP contribution in [0.5, 0.6) is 0 Å². The van der Waals surface area contributed by atoms with Crippen molar-refractivity contribution in [2.45, 2.75) is 25.4 Å². The van der Waals surface area contributed by atoms with Crippen LogP contribution in [0.15, 0.2) is 5.16 Å². The molecule has 0 aliphatic carbocycles. The summed E-state index contributed by atoms with van der Waals surface area (Å²) in [6.45, 7) is 1.67. The third-order valence-electron chi connectivity index (χ3n) is 1.90. The van der Waals surface area contributed by atoms with E-state index in [4.69, 9.17) is 15.7 Å². The second-order valence-corrected chi connectivity index (χ2v) is 3.36. The van der Waals surface area contributed by atoms with Crippen LogP contribution in [0, 0.1) is 0 Å². The minimum absolute atomic E-state index is 0.259. The predicted molar refractivity (Wildman–Crippen MR) is 58.0 cm³/mol. The van der Waals surface area contributed by atoms with E-state index in [0.717, 1.165) is 19.4 Å². The summed E-state index contributed by atoms with van der Waals surface area (Å²) < 4.78 is 4.78. The number of aliphatic hydroxyl groups is 1. The highest BCUT2D eigenvalue weighted by Crippen LogP contribution is 1.93. The number of hydrogen-bond acceptors (Lipinski definition) is 5. The fourth-order valence-electron chi connectivity index (χ4n) is 1.13. The molecule has 6 nitrogen and oxygen atoms in total. The molecule has 6 heteroatoms. The standard InChI is InChI=1S/C9H21N3O3/c1-15-7-8(13)6-11-5-3-2-4-9(10)12-14/h8,11,13-14H,2-7H2,1H3,(H2,10,12). The molecule has 0 amide bonds.